The fourth-order valence-electron chi connectivity index (χ4n) is 5.05. The summed E-state index contributed by atoms with van der Waals surface area (Å²) in [6.07, 6.45) is 10.3. The second kappa shape index (κ2) is 7.62. The van der Waals surface area contributed by atoms with Crippen molar-refractivity contribution >= 4 is 5.69 Å². The summed E-state index contributed by atoms with van der Waals surface area (Å²) in [6.45, 7) is 3.35. The van der Waals surface area contributed by atoms with Gasteiger partial charge in [0.05, 0.1) is 5.69 Å². The van der Waals surface area contributed by atoms with Crippen LogP contribution in [0.5, 0.6) is 0 Å². The van der Waals surface area contributed by atoms with Crippen molar-refractivity contribution in [3.63, 3.8) is 0 Å². The van der Waals surface area contributed by atoms with Crippen molar-refractivity contribution in [2.45, 2.75) is 50.2 Å². The Kier molecular flexibility index (Phi) is 4.86. The van der Waals surface area contributed by atoms with Crippen LogP contribution in [0.2, 0.25) is 0 Å². The minimum atomic E-state index is 0.602. The average Bonchev–Trinajstić information content (AvgIpc) is 3.46. The van der Waals surface area contributed by atoms with Crippen LogP contribution in [0.25, 0.3) is 5.69 Å². The third-order valence-corrected chi connectivity index (χ3v) is 6.65. The second-order valence-electron chi connectivity index (χ2n) is 8.23. The number of fused-ring (bicyclic) bond motifs is 1. The van der Waals surface area contributed by atoms with Crippen LogP contribution in [0.15, 0.2) is 42.7 Å². The summed E-state index contributed by atoms with van der Waals surface area (Å²) in [6, 6.07) is 12.7. The van der Waals surface area contributed by atoms with Gasteiger partial charge in [0, 0.05) is 55.8 Å². The van der Waals surface area contributed by atoms with E-state index in [-0.39, 0.29) is 0 Å². The molecule has 2 aliphatic heterocycles. The van der Waals surface area contributed by atoms with Gasteiger partial charge >= 0.3 is 0 Å². The summed E-state index contributed by atoms with van der Waals surface area (Å²) in [5, 5.41) is 8.13. The molecule has 1 aliphatic carbocycles. The minimum Gasteiger partial charge on any atom is -0.371 e. The molecule has 6 nitrogen and oxygen atoms in total. The molecule has 3 unspecified atom stereocenters. The monoisotopic (exact) mass is 366 g/mol. The maximum Gasteiger partial charge on any atom is 0.0647 e. The van der Waals surface area contributed by atoms with Crippen LogP contribution < -0.4 is 21.1 Å². The highest BCUT2D eigenvalue weighted by atomic mass is 15.4. The highest BCUT2D eigenvalue weighted by Gasteiger charge is 2.38. The number of rotatable bonds is 5. The zero-order valence-corrected chi connectivity index (χ0v) is 15.8. The Labute approximate surface area is 161 Å². The van der Waals surface area contributed by atoms with Gasteiger partial charge in [-0.3, -0.25) is 10.9 Å². The summed E-state index contributed by atoms with van der Waals surface area (Å²) < 4.78 is 1.90. The van der Waals surface area contributed by atoms with Crippen LogP contribution >= 0.6 is 0 Å². The quantitative estimate of drug-likeness (QED) is 0.756. The molecule has 3 atom stereocenters. The van der Waals surface area contributed by atoms with E-state index in [4.69, 9.17) is 0 Å². The van der Waals surface area contributed by atoms with Gasteiger partial charge < -0.3 is 10.2 Å². The number of hydrogen-bond acceptors (Lipinski definition) is 5. The Morgan fingerprint density at radius 3 is 2.59 bits per heavy atom. The molecule has 144 valence electrons. The topological polar surface area (TPSA) is 57.2 Å². The number of hydrazine groups is 1. The van der Waals surface area contributed by atoms with Crippen LogP contribution in [0, 0.1) is 5.92 Å². The molecule has 0 radical (unpaired) electrons. The number of anilines is 1. The normalized spacial score (nSPS) is 28.6. The maximum atomic E-state index is 4.30. The minimum absolute atomic E-state index is 0.602. The molecule has 0 spiro atoms. The van der Waals surface area contributed by atoms with Crippen molar-refractivity contribution < 1.29 is 0 Å². The molecule has 3 fully saturated rings. The molecule has 1 saturated carbocycles. The molecule has 1 aromatic heterocycles. The van der Waals surface area contributed by atoms with E-state index in [1.165, 1.54) is 37.8 Å². The number of piperidine rings is 1. The molecular formula is C21H30N6. The van der Waals surface area contributed by atoms with E-state index in [0.29, 0.717) is 18.1 Å². The van der Waals surface area contributed by atoms with Crippen LogP contribution in [0.4, 0.5) is 5.69 Å². The van der Waals surface area contributed by atoms with Gasteiger partial charge in [-0.25, -0.2) is 4.68 Å². The Hall–Kier alpha value is -1.89. The van der Waals surface area contributed by atoms with Crippen molar-refractivity contribution in [1.29, 1.82) is 0 Å². The SMILES string of the molecule is c1cnn(-c2ccc(N3CCC(NCC4NNC5CCCC54)CC3)cc2)c1. The molecule has 0 amide bonds. The third kappa shape index (κ3) is 3.61. The second-order valence-corrected chi connectivity index (χ2v) is 8.23. The fraction of sp³-hybridized carbons (Fsp3) is 0.571. The van der Waals surface area contributed by atoms with E-state index in [9.17, 15) is 0 Å². The van der Waals surface area contributed by atoms with Gasteiger partial charge in [-0.05, 0) is 61.9 Å². The third-order valence-electron chi connectivity index (χ3n) is 6.65. The first-order valence-electron chi connectivity index (χ1n) is 10.5. The van der Waals surface area contributed by atoms with E-state index in [1.54, 1.807) is 0 Å². The fourth-order valence-corrected chi connectivity index (χ4v) is 5.05. The van der Waals surface area contributed by atoms with Gasteiger partial charge in [-0.1, -0.05) is 6.42 Å². The molecule has 6 heteroatoms. The predicted octanol–water partition coefficient (Wildman–Crippen LogP) is 2.08. The highest BCUT2D eigenvalue weighted by Crippen LogP contribution is 2.31. The molecule has 0 bridgehead atoms. The van der Waals surface area contributed by atoms with E-state index in [0.717, 1.165) is 31.2 Å². The van der Waals surface area contributed by atoms with Crippen molar-refractivity contribution in [1.82, 2.24) is 25.9 Å². The van der Waals surface area contributed by atoms with Gasteiger partial charge in [0.15, 0.2) is 0 Å². The number of nitrogens with zero attached hydrogens (tertiary/aromatic N) is 3. The Morgan fingerprint density at radius 2 is 1.81 bits per heavy atom. The first-order valence-corrected chi connectivity index (χ1v) is 10.5. The van der Waals surface area contributed by atoms with Crippen molar-refractivity contribution in [3.8, 4) is 5.69 Å². The van der Waals surface area contributed by atoms with E-state index in [1.807, 2.05) is 23.1 Å². The summed E-state index contributed by atoms with van der Waals surface area (Å²) in [5.74, 6) is 0.825. The lowest BCUT2D eigenvalue weighted by atomic mass is 9.96. The molecule has 3 aliphatic rings. The lowest BCUT2D eigenvalue weighted by molar-refractivity contribution is 0.358. The summed E-state index contributed by atoms with van der Waals surface area (Å²) in [5.41, 5.74) is 9.45. The zero-order valence-electron chi connectivity index (χ0n) is 15.8. The summed E-state index contributed by atoms with van der Waals surface area (Å²) in [7, 11) is 0. The smallest absolute Gasteiger partial charge is 0.0647 e. The highest BCUT2D eigenvalue weighted by molar-refractivity contribution is 5.51. The van der Waals surface area contributed by atoms with E-state index in [2.05, 4.69) is 50.4 Å². The molecule has 27 heavy (non-hydrogen) atoms. The van der Waals surface area contributed by atoms with Gasteiger partial charge in [0.2, 0.25) is 0 Å². The number of benzene rings is 1. The number of aromatic nitrogens is 2. The van der Waals surface area contributed by atoms with Crippen LogP contribution in [-0.2, 0) is 0 Å². The molecule has 2 saturated heterocycles. The Balaban J connectivity index is 1.11. The standard InChI is InChI=1S/C21H30N6/c1-3-19-20(4-1)24-25-21(19)15-22-16-9-13-26(14-10-16)17-5-7-18(8-6-17)27-12-2-11-23-27/h2,5-8,11-12,16,19-22,24-25H,1,3-4,9-10,13-15H2. The van der Waals surface area contributed by atoms with Gasteiger partial charge in [-0.2, -0.15) is 5.10 Å². The van der Waals surface area contributed by atoms with Crippen LogP contribution in [0.1, 0.15) is 32.1 Å². The van der Waals surface area contributed by atoms with E-state index < -0.39 is 0 Å². The molecular weight excluding hydrogens is 336 g/mol. The predicted molar refractivity (Wildman–Crippen MR) is 108 cm³/mol. The van der Waals surface area contributed by atoms with Gasteiger partial charge in [0.25, 0.3) is 0 Å². The maximum absolute atomic E-state index is 4.30. The number of hydrogen-bond donors (Lipinski definition) is 3. The molecule has 2 aromatic rings. The van der Waals surface area contributed by atoms with Crippen LogP contribution in [-0.4, -0.2) is 47.5 Å². The van der Waals surface area contributed by atoms with Crippen molar-refractivity contribution in [3.05, 3.63) is 42.7 Å². The zero-order chi connectivity index (χ0) is 18.1. The lowest BCUT2D eigenvalue weighted by Gasteiger charge is -2.35. The average molecular weight is 367 g/mol. The van der Waals surface area contributed by atoms with Crippen LogP contribution in [0.3, 0.4) is 0 Å². The summed E-state index contributed by atoms with van der Waals surface area (Å²) >= 11 is 0. The Morgan fingerprint density at radius 1 is 1.00 bits per heavy atom. The van der Waals surface area contributed by atoms with Crippen molar-refractivity contribution in [2.75, 3.05) is 24.5 Å². The Bertz CT molecular complexity index is 720. The van der Waals surface area contributed by atoms with E-state index >= 15 is 0 Å². The molecule has 1 aromatic carbocycles. The number of nitrogens with one attached hydrogen (secondary N) is 3. The summed E-state index contributed by atoms with van der Waals surface area (Å²) in [4.78, 5) is 2.51. The van der Waals surface area contributed by atoms with Gasteiger partial charge in [0.1, 0.15) is 0 Å². The molecule has 3 heterocycles. The first kappa shape index (κ1) is 17.2. The van der Waals surface area contributed by atoms with Crippen molar-refractivity contribution in [2.24, 2.45) is 5.92 Å². The lowest BCUT2D eigenvalue weighted by Crippen LogP contribution is -2.48. The first-order chi connectivity index (χ1) is 13.4. The molecule has 3 N–H and O–H groups in total. The van der Waals surface area contributed by atoms with Gasteiger partial charge in [-0.15, -0.1) is 0 Å². The molecule has 5 rings (SSSR count). The largest absolute Gasteiger partial charge is 0.371 e.